The van der Waals surface area contributed by atoms with Gasteiger partial charge >= 0.3 is 0 Å². The third kappa shape index (κ3) is 4.60. The van der Waals surface area contributed by atoms with Crippen molar-refractivity contribution in [3.05, 3.63) is 59.9 Å². The van der Waals surface area contributed by atoms with E-state index in [2.05, 4.69) is 5.32 Å². The summed E-state index contributed by atoms with van der Waals surface area (Å²) < 4.78 is 46.5. The van der Waals surface area contributed by atoms with Gasteiger partial charge in [-0.15, -0.1) is 0 Å². The SMILES string of the molecule is CC(=O)Nc1ccc(C(=O)N2C[C@@H]3CN(S(=O)(=O)c4cccc(F)c4)C[C@H](C2)O3)cc1. The van der Waals surface area contributed by atoms with Crippen molar-refractivity contribution in [1.29, 1.82) is 0 Å². The number of ether oxygens (including phenoxy) is 1. The number of carbonyl (C=O) groups is 2. The van der Waals surface area contributed by atoms with Gasteiger partial charge in [0.1, 0.15) is 5.82 Å². The second-order valence-corrected chi connectivity index (χ2v) is 9.57. The predicted octanol–water partition coefficient (Wildman–Crippen LogP) is 1.70. The Labute approximate surface area is 179 Å². The average Bonchev–Trinajstić information content (AvgIpc) is 2.72. The molecular weight excluding hydrogens is 425 g/mol. The summed E-state index contributed by atoms with van der Waals surface area (Å²) in [7, 11) is -3.86. The molecule has 2 aliphatic rings. The van der Waals surface area contributed by atoms with E-state index in [1.807, 2.05) is 0 Å². The molecule has 0 unspecified atom stereocenters. The van der Waals surface area contributed by atoms with Crippen LogP contribution in [0.3, 0.4) is 0 Å². The highest BCUT2D eigenvalue weighted by Gasteiger charge is 2.41. The van der Waals surface area contributed by atoms with Gasteiger partial charge in [0.2, 0.25) is 15.9 Å². The van der Waals surface area contributed by atoms with Gasteiger partial charge in [0, 0.05) is 44.4 Å². The van der Waals surface area contributed by atoms with Gasteiger partial charge in [-0.1, -0.05) is 6.07 Å². The number of rotatable bonds is 4. The zero-order chi connectivity index (χ0) is 22.2. The molecule has 2 aromatic rings. The van der Waals surface area contributed by atoms with E-state index in [-0.39, 0.29) is 42.9 Å². The summed E-state index contributed by atoms with van der Waals surface area (Å²) in [6, 6.07) is 11.5. The molecular formula is C21H22FN3O5S. The molecule has 10 heteroatoms. The Balaban J connectivity index is 1.45. The van der Waals surface area contributed by atoms with Gasteiger partial charge in [-0.05, 0) is 42.5 Å². The van der Waals surface area contributed by atoms with E-state index in [0.29, 0.717) is 11.3 Å². The maximum atomic E-state index is 13.5. The van der Waals surface area contributed by atoms with Crippen LogP contribution in [-0.4, -0.2) is 67.8 Å². The average molecular weight is 447 g/mol. The van der Waals surface area contributed by atoms with Crippen molar-refractivity contribution >= 4 is 27.5 Å². The van der Waals surface area contributed by atoms with Gasteiger partial charge in [-0.3, -0.25) is 9.59 Å². The first kappa shape index (κ1) is 21.4. The first-order chi connectivity index (χ1) is 14.7. The zero-order valence-corrected chi connectivity index (χ0v) is 17.6. The highest BCUT2D eigenvalue weighted by atomic mass is 32.2. The van der Waals surface area contributed by atoms with Crippen molar-refractivity contribution in [3.8, 4) is 0 Å². The van der Waals surface area contributed by atoms with Crippen molar-refractivity contribution in [2.45, 2.75) is 24.0 Å². The van der Waals surface area contributed by atoms with Crippen molar-refractivity contribution in [3.63, 3.8) is 0 Å². The van der Waals surface area contributed by atoms with E-state index in [4.69, 9.17) is 4.74 Å². The predicted molar refractivity (Wildman–Crippen MR) is 110 cm³/mol. The molecule has 2 saturated heterocycles. The summed E-state index contributed by atoms with van der Waals surface area (Å²) in [5.74, 6) is -0.997. The molecule has 1 N–H and O–H groups in total. The van der Waals surface area contributed by atoms with Gasteiger partial charge in [0.25, 0.3) is 5.91 Å². The fraction of sp³-hybridized carbons (Fsp3) is 0.333. The number of nitrogens with zero attached hydrogens (tertiary/aromatic N) is 2. The van der Waals surface area contributed by atoms with Crippen molar-refractivity contribution in [1.82, 2.24) is 9.21 Å². The van der Waals surface area contributed by atoms with Crippen LogP contribution in [0.4, 0.5) is 10.1 Å². The van der Waals surface area contributed by atoms with Crippen LogP contribution in [0.15, 0.2) is 53.4 Å². The molecule has 2 bridgehead atoms. The van der Waals surface area contributed by atoms with Crippen LogP contribution >= 0.6 is 0 Å². The van der Waals surface area contributed by atoms with Gasteiger partial charge in [-0.25, -0.2) is 12.8 Å². The largest absolute Gasteiger partial charge is 0.369 e. The second-order valence-electron chi connectivity index (χ2n) is 7.63. The standard InChI is InChI=1S/C21H22FN3O5S/c1-14(26)23-17-7-5-15(6-8-17)21(27)24-10-18-12-25(13-19(11-24)30-18)31(28,29)20-4-2-3-16(22)9-20/h2-9,18-19H,10-13H2,1H3,(H,23,26)/t18-,19+. The molecule has 2 heterocycles. The number of hydrogen-bond acceptors (Lipinski definition) is 5. The van der Waals surface area contributed by atoms with E-state index in [0.717, 1.165) is 6.07 Å². The van der Waals surface area contributed by atoms with Crippen LogP contribution in [0, 0.1) is 5.82 Å². The Morgan fingerprint density at radius 1 is 1.03 bits per heavy atom. The summed E-state index contributed by atoms with van der Waals surface area (Å²) in [5, 5.41) is 2.65. The number of sulfonamides is 1. The second kappa shape index (κ2) is 8.37. The number of nitrogens with one attached hydrogen (secondary N) is 1. The van der Waals surface area contributed by atoms with Gasteiger partial charge < -0.3 is 15.0 Å². The number of amides is 2. The van der Waals surface area contributed by atoms with E-state index in [9.17, 15) is 22.4 Å². The summed E-state index contributed by atoms with van der Waals surface area (Å²) in [4.78, 5) is 25.6. The van der Waals surface area contributed by atoms with Crippen LogP contribution in [-0.2, 0) is 19.6 Å². The van der Waals surface area contributed by atoms with Crippen molar-refractivity contribution < 1.29 is 27.1 Å². The molecule has 2 aliphatic heterocycles. The molecule has 0 spiro atoms. The van der Waals surface area contributed by atoms with Crippen LogP contribution in [0.5, 0.6) is 0 Å². The Bertz CT molecular complexity index is 1090. The minimum Gasteiger partial charge on any atom is -0.369 e. The Morgan fingerprint density at radius 2 is 1.68 bits per heavy atom. The number of morpholine rings is 2. The monoisotopic (exact) mass is 447 g/mol. The highest BCUT2D eigenvalue weighted by Crippen LogP contribution is 2.26. The fourth-order valence-electron chi connectivity index (χ4n) is 3.88. The lowest BCUT2D eigenvalue weighted by Crippen LogP contribution is -2.61. The summed E-state index contributed by atoms with van der Waals surface area (Å²) in [5.41, 5.74) is 1.07. The quantitative estimate of drug-likeness (QED) is 0.770. The molecule has 0 saturated carbocycles. The molecule has 0 aromatic heterocycles. The molecule has 2 amide bonds. The van der Waals surface area contributed by atoms with Gasteiger partial charge in [-0.2, -0.15) is 4.31 Å². The molecule has 0 radical (unpaired) electrons. The zero-order valence-electron chi connectivity index (χ0n) is 16.8. The number of carbonyl (C=O) groups excluding carboxylic acids is 2. The summed E-state index contributed by atoms with van der Waals surface area (Å²) in [6.45, 7) is 2.07. The highest BCUT2D eigenvalue weighted by molar-refractivity contribution is 7.89. The molecule has 2 aromatic carbocycles. The Morgan fingerprint density at radius 3 is 2.26 bits per heavy atom. The number of fused-ring (bicyclic) bond motifs is 2. The summed E-state index contributed by atoms with van der Waals surface area (Å²) >= 11 is 0. The van der Waals surface area contributed by atoms with E-state index < -0.39 is 28.0 Å². The lowest BCUT2D eigenvalue weighted by molar-refractivity contribution is -0.114. The number of benzene rings is 2. The van der Waals surface area contributed by atoms with Crippen molar-refractivity contribution in [2.24, 2.45) is 0 Å². The number of anilines is 1. The third-order valence-electron chi connectivity index (χ3n) is 5.22. The molecule has 0 aliphatic carbocycles. The molecule has 164 valence electrons. The Kier molecular flexibility index (Phi) is 5.78. The van der Waals surface area contributed by atoms with E-state index in [1.165, 1.54) is 29.4 Å². The van der Waals surface area contributed by atoms with Gasteiger partial charge in [0.05, 0.1) is 17.1 Å². The lowest BCUT2D eigenvalue weighted by Gasteiger charge is -2.45. The first-order valence-corrected chi connectivity index (χ1v) is 11.2. The first-order valence-electron chi connectivity index (χ1n) is 9.80. The van der Waals surface area contributed by atoms with E-state index in [1.54, 1.807) is 29.2 Å². The van der Waals surface area contributed by atoms with Crippen LogP contribution < -0.4 is 5.32 Å². The van der Waals surface area contributed by atoms with Gasteiger partial charge in [0.15, 0.2) is 0 Å². The minimum absolute atomic E-state index is 0.0839. The molecule has 2 fully saturated rings. The number of halogens is 1. The van der Waals surface area contributed by atoms with Crippen LogP contribution in [0.1, 0.15) is 17.3 Å². The van der Waals surface area contributed by atoms with Crippen LogP contribution in [0.2, 0.25) is 0 Å². The summed E-state index contributed by atoms with van der Waals surface area (Å²) in [6.07, 6.45) is -0.947. The molecule has 31 heavy (non-hydrogen) atoms. The number of hydrogen-bond donors (Lipinski definition) is 1. The maximum Gasteiger partial charge on any atom is 0.254 e. The Hall–Kier alpha value is -2.82. The topological polar surface area (TPSA) is 96.0 Å². The normalized spacial score (nSPS) is 21.5. The minimum atomic E-state index is -3.86. The third-order valence-corrected chi connectivity index (χ3v) is 7.05. The molecule has 2 atom stereocenters. The van der Waals surface area contributed by atoms with Crippen molar-refractivity contribution in [2.75, 3.05) is 31.5 Å². The molecule has 4 rings (SSSR count). The fourth-order valence-corrected chi connectivity index (χ4v) is 5.41. The van der Waals surface area contributed by atoms with E-state index >= 15 is 0 Å². The lowest BCUT2D eigenvalue weighted by atomic mass is 10.1. The van der Waals surface area contributed by atoms with Crippen LogP contribution in [0.25, 0.3) is 0 Å². The smallest absolute Gasteiger partial charge is 0.254 e. The maximum absolute atomic E-state index is 13.5. The molecule has 8 nitrogen and oxygen atoms in total.